The fourth-order valence-electron chi connectivity index (χ4n) is 2.06. The average Bonchev–Trinajstić information content (AvgIpc) is 3.02. The van der Waals surface area contributed by atoms with Gasteiger partial charge >= 0.3 is 0 Å². The molecule has 0 radical (unpaired) electrons. The third kappa shape index (κ3) is 1.93. The van der Waals surface area contributed by atoms with Gasteiger partial charge in [0.2, 0.25) is 5.91 Å². The standard InChI is InChI=1S/C13H14N2OS/c1-7-5-8(2)14-13-11(7)10(6-17-13)15-12(16)9-3-4-9/h5-6,9H,3-4H2,1-2H3,(H,15,16). The number of rotatable bonds is 2. The van der Waals surface area contributed by atoms with Crippen molar-refractivity contribution in [3.63, 3.8) is 0 Å². The smallest absolute Gasteiger partial charge is 0.227 e. The second kappa shape index (κ2) is 3.81. The maximum atomic E-state index is 11.8. The molecule has 2 aromatic rings. The molecule has 0 aromatic carbocycles. The van der Waals surface area contributed by atoms with Gasteiger partial charge in [-0.3, -0.25) is 4.79 Å². The van der Waals surface area contributed by atoms with E-state index in [0.29, 0.717) is 0 Å². The Morgan fingerprint density at radius 1 is 1.47 bits per heavy atom. The number of carbonyl (C=O) groups excluding carboxylic acids is 1. The molecule has 0 bridgehead atoms. The van der Waals surface area contributed by atoms with Crippen LogP contribution in [0.2, 0.25) is 0 Å². The summed E-state index contributed by atoms with van der Waals surface area (Å²) in [6.07, 6.45) is 2.06. The summed E-state index contributed by atoms with van der Waals surface area (Å²) in [4.78, 5) is 17.3. The van der Waals surface area contributed by atoms with Gasteiger partial charge in [0.1, 0.15) is 4.83 Å². The number of aromatic nitrogens is 1. The highest BCUT2D eigenvalue weighted by molar-refractivity contribution is 7.17. The van der Waals surface area contributed by atoms with Crippen molar-refractivity contribution < 1.29 is 4.79 Å². The normalized spacial score (nSPS) is 15.2. The molecule has 1 fully saturated rings. The minimum atomic E-state index is 0.157. The lowest BCUT2D eigenvalue weighted by molar-refractivity contribution is -0.117. The highest BCUT2D eigenvalue weighted by atomic mass is 32.1. The number of hydrogen-bond donors (Lipinski definition) is 1. The van der Waals surface area contributed by atoms with Crippen LogP contribution in [0.25, 0.3) is 10.2 Å². The van der Waals surface area contributed by atoms with Crippen LogP contribution in [-0.2, 0) is 4.79 Å². The minimum absolute atomic E-state index is 0.157. The van der Waals surface area contributed by atoms with Crippen LogP contribution in [-0.4, -0.2) is 10.9 Å². The zero-order chi connectivity index (χ0) is 12.0. The zero-order valence-corrected chi connectivity index (χ0v) is 10.7. The quantitative estimate of drug-likeness (QED) is 0.883. The molecule has 1 saturated carbocycles. The van der Waals surface area contributed by atoms with Crippen LogP contribution in [0.3, 0.4) is 0 Å². The van der Waals surface area contributed by atoms with E-state index in [9.17, 15) is 4.79 Å². The molecular weight excluding hydrogens is 232 g/mol. The lowest BCUT2D eigenvalue weighted by Gasteiger charge is -2.04. The summed E-state index contributed by atoms with van der Waals surface area (Å²) in [7, 11) is 0. The van der Waals surface area contributed by atoms with E-state index in [4.69, 9.17) is 0 Å². The maximum absolute atomic E-state index is 11.8. The van der Waals surface area contributed by atoms with Crippen molar-refractivity contribution >= 4 is 33.1 Å². The van der Waals surface area contributed by atoms with E-state index in [1.54, 1.807) is 11.3 Å². The highest BCUT2D eigenvalue weighted by Gasteiger charge is 2.30. The molecule has 0 aliphatic heterocycles. The number of nitrogens with one attached hydrogen (secondary N) is 1. The van der Waals surface area contributed by atoms with Crippen molar-refractivity contribution in [2.45, 2.75) is 26.7 Å². The second-order valence-corrected chi connectivity index (χ2v) is 5.53. The molecule has 2 heterocycles. The van der Waals surface area contributed by atoms with Gasteiger partial charge in [-0.2, -0.15) is 0 Å². The van der Waals surface area contributed by atoms with Crippen LogP contribution in [0.1, 0.15) is 24.1 Å². The van der Waals surface area contributed by atoms with Crippen LogP contribution in [0.5, 0.6) is 0 Å². The number of pyridine rings is 1. The zero-order valence-electron chi connectivity index (χ0n) is 9.91. The van der Waals surface area contributed by atoms with Gasteiger partial charge in [0.05, 0.1) is 5.69 Å². The number of carbonyl (C=O) groups is 1. The molecule has 3 nitrogen and oxygen atoms in total. The average molecular weight is 246 g/mol. The molecule has 1 amide bonds. The lowest BCUT2D eigenvalue weighted by atomic mass is 10.1. The van der Waals surface area contributed by atoms with E-state index in [1.807, 2.05) is 12.3 Å². The molecule has 0 atom stereocenters. The largest absolute Gasteiger partial charge is 0.324 e. The fraction of sp³-hybridized carbons (Fsp3) is 0.385. The molecule has 1 aliphatic carbocycles. The Morgan fingerprint density at radius 3 is 2.94 bits per heavy atom. The van der Waals surface area contributed by atoms with Crippen LogP contribution in [0.15, 0.2) is 11.4 Å². The molecule has 0 spiro atoms. The van der Waals surface area contributed by atoms with Crippen LogP contribution in [0.4, 0.5) is 5.69 Å². The summed E-state index contributed by atoms with van der Waals surface area (Å²) < 4.78 is 0. The predicted octanol–water partition coefficient (Wildman–Crippen LogP) is 3.26. The third-order valence-electron chi connectivity index (χ3n) is 3.08. The number of aryl methyl sites for hydroxylation is 2. The van der Waals surface area contributed by atoms with E-state index >= 15 is 0 Å². The Balaban J connectivity index is 2.01. The summed E-state index contributed by atoms with van der Waals surface area (Å²) in [6, 6.07) is 2.06. The van der Waals surface area contributed by atoms with Gasteiger partial charge in [-0.1, -0.05) is 0 Å². The summed E-state index contributed by atoms with van der Waals surface area (Å²) in [5.41, 5.74) is 3.13. The monoisotopic (exact) mass is 246 g/mol. The van der Waals surface area contributed by atoms with Crippen molar-refractivity contribution in [1.82, 2.24) is 4.98 Å². The van der Waals surface area contributed by atoms with Crippen molar-refractivity contribution in [3.05, 3.63) is 22.7 Å². The molecule has 1 N–H and O–H groups in total. The summed E-state index contributed by atoms with van der Waals surface area (Å²) in [6.45, 7) is 4.06. The van der Waals surface area contributed by atoms with Gasteiger partial charge < -0.3 is 5.32 Å². The SMILES string of the molecule is Cc1cc(C)c2c(NC(=O)C3CC3)csc2n1. The maximum Gasteiger partial charge on any atom is 0.227 e. The predicted molar refractivity (Wildman–Crippen MR) is 70.4 cm³/mol. The molecule has 1 aliphatic rings. The van der Waals surface area contributed by atoms with Crippen molar-refractivity contribution in [2.75, 3.05) is 5.32 Å². The van der Waals surface area contributed by atoms with Gasteiger partial charge in [0.25, 0.3) is 0 Å². The number of nitrogens with zero attached hydrogens (tertiary/aromatic N) is 1. The first-order valence-corrected chi connectivity index (χ1v) is 6.69. The molecular formula is C13H14N2OS. The minimum Gasteiger partial charge on any atom is -0.324 e. The first-order valence-electron chi connectivity index (χ1n) is 5.81. The fourth-order valence-corrected chi connectivity index (χ4v) is 3.05. The summed E-state index contributed by atoms with van der Waals surface area (Å²) in [5, 5.41) is 6.10. The number of anilines is 1. The van der Waals surface area contributed by atoms with E-state index < -0.39 is 0 Å². The Bertz CT molecular complexity index is 599. The third-order valence-corrected chi connectivity index (χ3v) is 3.95. The topological polar surface area (TPSA) is 42.0 Å². The van der Waals surface area contributed by atoms with Gasteiger partial charge in [-0.25, -0.2) is 4.98 Å². The van der Waals surface area contributed by atoms with Crippen LogP contribution >= 0.6 is 11.3 Å². The molecule has 0 saturated heterocycles. The number of fused-ring (bicyclic) bond motifs is 1. The van der Waals surface area contributed by atoms with Crippen molar-refractivity contribution in [2.24, 2.45) is 5.92 Å². The molecule has 3 rings (SSSR count). The molecule has 0 unspecified atom stereocenters. The highest BCUT2D eigenvalue weighted by Crippen LogP contribution is 2.35. The Hall–Kier alpha value is -1.42. The second-order valence-electron chi connectivity index (χ2n) is 4.67. The summed E-state index contributed by atoms with van der Waals surface area (Å²) >= 11 is 1.59. The summed E-state index contributed by atoms with van der Waals surface area (Å²) in [5.74, 6) is 0.397. The van der Waals surface area contributed by atoms with Crippen molar-refractivity contribution in [1.29, 1.82) is 0 Å². The van der Waals surface area contributed by atoms with Crippen molar-refractivity contribution in [3.8, 4) is 0 Å². The van der Waals surface area contributed by atoms with Gasteiger partial charge in [-0.15, -0.1) is 11.3 Å². The van der Waals surface area contributed by atoms with Gasteiger partial charge in [-0.05, 0) is 38.3 Å². The van der Waals surface area contributed by atoms with E-state index in [2.05, 4.69) is 23.3 Å². The van der Waals surface area contributed by atoms with E-state index in [0.717, 1.165) is 34.4 Å². The number of amides is 1. The van der Waals surface area contributed by atoms with E-state index in [1.165, 1.54) is 5.56 Å². The van der Waals surface area contributed by atoms with Crippen LogP contribution in [0, 0.1) is 19.8 Å². The number of hydrogen-bond acceptors (Lipinski definition) is 3. The van der Waals surface area contributed by atoms with Gasteiger partial charge in [0.15, 0.2) is 0 Å². The first-order chi connectivity index (χ1) is 8.15. The Labute approximate surface area is 104 Å². The van der Waals surface area contributed by atoms with Gasteiger partial charge in [0, 0.05) is 22.4 Å². The number of thiophene rings is 1. The lowest BCUT2D eigenvalue weighted by Crippen LogP contribution is -2.12. The molecule has 17 heavy (non-hydrogen) atoms. The molecule has 4 heteroatoms. The molecule has 88 valence electrons. The Kier molecular flexibility index (Phi) is 2.40. The van der Waals surface area contributed by atoms with Crippen LogP contribution < -0.4 is 5.32 Å². The Morgan fingerprint density at radius 2 is 2.24 bits per heavy atom. The first kappa shape index (κ1) is 10.7. The van der Waals surface area contributed by atoms with E-state index in [-0.39, 0.29) is 11.8 Å². The molecule has 2 aromatic heterocycles.